The summed E-state index contributed by atoms with van der Waals surface area (Å²) in [7, 11) is 1.76. The zero-order chi connectivity index (χ0) is 17.8. The molecule has 6 nitrogen and oxygen atoms in total. The number of benzene rings is 2. The minimum Gasteiger partial charge on any atom is -0.340 e. The highest BCUT2D eigenvalue weighted by Gasteiger charge is 2.13. The van der Waals surface area contributed by atoms with E-state index in [9.17, 15) is 4.79 Å². The molecule has 3 rings (SSSR count). The highest BCUT2D eigenvalue weighted by Crippen LogP contribution is 2.17. The molecule has 1 heterocycles. The molecular formula is C17H15Br2N5O. The number of carbonyl (C=O) groups excluding carboxylic acids is 1. The summed E-state index contributed by atoms with van der Waals surface area (Å²) in [6.07, 6.45) is 0. The Bertz CT molecular complexity index is 862. The molecule has 0 unspecified atom stereocenters. The van der Waals surface area contributed by atoms with E-state index in [1.54, 1.807) is 11.9 Å². The maximum atomic E-state index is 12.4. The van der Waals surface area contributed by atoms with Gasteiger partial charge in [-0.15, -0.1) is 10.2 Å². The van der Waals surface area contributed by atoms with Crippen LogP contribution in [0.4, 0.5) is 0 Å². The Labute approximate surface area is 162 Å². The van der Waals surface area contributed by atoms with Crippen LogP contribution in [0.15, 0.2) is 57.5 Å². The fraction of sp³-hybridized carbons (Fsp3) is 0.176. The Hall–Kier alpha value is -2.06. The third kappa shape index (κ3) is 4.73. The van der Waals surface area contributed by atoms with Crippen molar-refractivity contribution in [2.75, 3.05) is 7.05 Å². The molecule has 0 aliphatic rings. The fourth-order valence-corrected chi connectivity index (χ4v) is 2.75. The van der Waals surface area contributed by atoms with Crippen LogP contribution in [0.3, 0.4) is 0 Å². The number of hydrogen-bond donors (Lipinski definition) is 0. The van der Waals surface area contributed by atoms with Crippen molar-refractivity contribution in [2.24, 2.45) is 0 Å². The lowest BCUT2D eigenvalue weighted by molar-refractivity contribution is -0.131. The van der Waals surface area contributed by atoms with E-state index < -0.39 is 0 Å². The predicted octanol–water partition coefficient (Wildman–Crippen LogP) is 3.52. The molecule has 8 heteroatoms. The van der Waals surface area contributed by atoms with Crippen LogP contribution in [-0.4, -0.2) is 38.1 Å². The van der Waals surface area contributed by atoms with E-state index in [0.717, 1.165) is 20.1 Å². The van der Waals surface area contributed by atoms with Gasteiger partial charge in [0.05, 0.1) is 0 Å². The number of likely N-dealkylation sites (N-methyl/N-ethyl adjacent to an activating group) is 1. The smallest absolute Gasteiger partial charge is 0.246 e. The quantitative estimate of drug-likeness (QED) is 0.579. The van der Waals surface area contributed by atoms with Crippen LogP contribution in [0.5, 0.6) is 0 Å². The minimum absolute atomic E-state index is 0.0521. The third-order valence-corrected chi connectivity index (χ3v) is 4.65. The highest BCUT2D eigenvalue weighted by molar-refractivity contribution is 9.10. The van der Waals surface area contributed by atoms with Gasteiger partial charge < -0.3 is 4.90 Å². The van der Waals surface area contributed by atoms with Gasteiger partial charge in [-0.1, -0.05) is 44.0 Å². The molecule has 0 saturated heterocycles. The molecule has 0 radical (unpaired) electrons. The van der Waals surface area contributed by atoms with Gasteiger partial charge in [0.15, 0.2) is 0 Å². The van der Waals surface area contributed by atoms with Gasteiger partial charge in [0.1, 0.15) is 6.54 Å². The summed E-state index contributed by atoms with van der Waals surface area (Å²) in [4.78, 5) is 15.3. The van der Waals surface area contributed by atoms with E-state index in [4.69, 9.17) is 0 Å². The van der Waals surface area contributed by atoms with Crippen LogP contribution in [0.25, 0.3) is 11.4 Å². The van der Waals surface area contributed by atoms with Gasteiger partial charge in [-0.2, -0.15) is 4.80 Å². The number of carbonyl (C=O) groups is 1. The van der Waals surface area contributed by atoms with Crippen molar-refractivity contribution < 1.29 is 4.79 Å². The van der Waals surface area contributed by atoms with E-state index in [1.165, 1.54) is 4.80 Å². The van der Waals surface area contributed by atoms with E-state index in [1.807, 2.05) is 48.5 Å². The maximum absolute atomic E-state index is 12.4. The van der Waals surface area contributed by atoms with E-state index in [2.05, 4.69) is 47.3 Å². The van der Waals surface area contributed by atoms with Gasteiger partial charge in [0, 0.05) is 28.1 Å². The Morgan fingerprint density at radius 3 is 2.28 bits per heavy atom. The van der Waals surface area contributed by atoms with Gasteiger partial charge >= 0.3 is 0 Å². The second-order valence-electron chi connectivity index (χ2n) is 5.53. The lowest BCUT2D eigenvalue weighted by Gasteiger charge is -2.16. The SMILES string of the molecule is CN(Cc1ccc(Br)cc1)C(=O)Cn1nnc(-c2ccc(Br)cc2)n1. The summed E-state index contributed by atoms with van der Waals surface area (Å²) in [6.45, 7) is 0.580. The van der Waals surface area contributed by atoms with E-state index in [-0.39, 0.29) is 12.5 Å². The first-order valence-electron chi connectivity index (χ1n) is 7.53. The number of nitrogens with zero attached hydrogens (tertiary/aromatic N) is 5. The monoisotopic (exact) mass is 463 g/mol. The number of aromatic nitrogens is 4. The molecule has 0 spiro atoms. The molecular weight excluding hydrogens is 450 g/mol. The van der Waals surface area contributed by atoms with Crippen LogP contribution in [0.1, 0.15) is 5.56 Å². The Kier molecular flexibility index (Phi) is 5.60. The van der Waals surface area contributed by atoms with Crippen LogP contribution in [-0.2, 0) is 17.9 Å². The normalized spacial score (nSPS) is 10.7. The average molecular weight is 465 g/mol. The first-order valence-corrected chi connectivity index (χ1v) is 9.12. The number of tetrazole rings is 1. The molecule has 0 saturated carbocycles. The molecule has 0 fully saturated rings. The Balaban J connectivity index is 1.62. The van der Waals surface area contributed by atoms with Gasteiger partial charge in [0.25, 0.3) is 0 Å². The van der Waals surface area contributed by atoms with Crippen LogP contribution < -0.4 is 0 Å². The number of rotatable bonds is 5. The lowest BCUT2D eigenvalue weighted by atomic mass is 10.2. The number of halogens is 2. The second-order valence-corrected chi connectivity index (χ2v) is 7.36. The van der Waals surface area contributed by atoms with Crippen molar-refractivity contribution in [1.82, 2.24) is 25.1 Å². The van der Waals surface area contributed by atoms with E-state index >= 15 is 0 Å². The molecule has 0 aliphatic carbocycles. The second kappa shape index (κ2) is 7.88. The maximum Gasteiger partial charge on any atom is 0.246 e. The molecule has 3 aromatic rings. The molecule has 1 aromatic heterocycles. The topological polar surface area (TPSA) is 63.9 Å². The highest BCUT2D eigenvalue weighted by atomic mass is 79.9. The summed E-state index contributed by atoms with van der Waals surface area (Å²) in [5.41, 5.74) is 1.91. The summed E-state index contributed by atoms with van der Waals surface area (Å²) in [5, 5.41) is 12.3. The van der Waals surface area contributed by atoms with Crippen molar-refractivity contribution in [3.63, 3.8) is 0 Å². The van der Waals surface area contributed by atoms with Crippen molar-refractivity contribution in [2.45, 2.75) is 13.1 Å². The minimum atomic E-state index is -0.0809. The molecule has 0 atom stereocenters. The van der Waals surface area contributed by atoms with Crippen LogP contribution >= 0.6 is 31.9 Å². The molecule has 0 bridgehead atoms. The zero-order valence-electron chi connectivity index (χ0n) is 13.4. The summed E-state index contributed by atoms with van der Waals surface area (Å²) >= 11 is 6.79. The van der Waals surface area contributed by atoms with E-state index in [0.29, 0.717) is 12.4 Å². The van der Waals surface area contributed by atoms with Gasteiger partial charge in [-0.3, -0.25) is 4.79 Å². The zero-order valence-corrected chi connectivity index (χ0v) is 16.6. The van der Waals surface area contributed by atoms with Crippen molar-refractivity contribution in [3.05, 3.63) is 63.0 Å². The van der Waals surface area contributed by atoms with Crippen molar-refractivity contribution in [1.29, 1.82) is 0 Å². The Morgan fingerprint density at radius 1 is 1.04 bits per heavy atom. The largest absolute Gasteiger partial charge is 0.340 e. The molecule has 2 aromatic carbocycles. The number of amides is 1. The fourth-order valence-electron chi connectivity index (χ4n) is 2.22. The predicted molar refractivity (Wildman–Crippen MR) is 102 cm³/mol. The lowest BCUT2D eigenvalue weighted by Crippen LogP contribution is -2.30. The van der Waals surface area contributed by atoms with Crippen molar-refractivity contribution in [3.8, 4) is 11.4 Å². The van der Waals surface area contributed by atoms with Crippen molar-refractivity contribution >= 4 is 37.8 Å². The third-order valence-electron chi connectivity index (χ3n) is 3.59. The molecule has 1 amide bonds. The summed E-state index contributed by atoms with van der Waals surface area (Å²) in [6, 6.07) is 15.5. The first-order chi connectivity index (χ1) is 12.0. The van der Waals surface area contributed by atoms with Gasteiger partial charge in [0.2, 0.25) is 11.7 Å². The van der Waals surface area contributed by atoms with Crippen LogP contribution in [0, 0.1) is 0 Å². The van der Waals surface area contributed by atoms with Gasteiger partial charge in [-0.05, 0) is 47.2 Å². The Morgan fingerprint density at radius 2 is 1.64 bits per heavy atom. The number of hydrogen-bond acceptors (Lipinski definition) is 4. The average Bonchev–Trinajstić information content (AvgIpc) is 3.06. The molecule has 0 aliphatic heterocycles. The molecule has 0 N–H and O–H groups in total. The standard InChI is InChI=1S/C17H15Br2N5O/c1-23(10-12-2-6-14(18)7-3-12)16(25)11-24-21-17(20-22-24)13-4-8-15(19)9-5-13/h2-9H,10-11H2,1H3. The molecule has 25 heavy (non-hydrogen) atoms. The molecule has 128 valence electrons. The van der Waals surface area contributed by atoms with Gasteiger partial charge in [-0.25, -0.2) is 0 Å². The van der Waals surface area contributed by atoms with Crippen LogP contribution in [0.2, 0.25) is 0 Å². The first kappa shape index (κ1) is 17.8. The summed E-state index contributed by atoms with van der Waals surface area (Å²) < 4.78 is 1.99. The summed E-state index contributed by atoms with van der Waals surface area (Å²) in [5.74, 6) is 0.415.